The van der Waals surface area contributed by atoms with Gasteiger partial charge in [-0.1, -0.05) is 48.5 Å². The largest absolute Gasteiger partial charge is 0.454 e. The molecule has 6 heteroatoms. The molecular weight excluding hydrogens is 392 g/mol. The van der Waals surface area contributed by atoms with Crippen LogP contribution in [0.15, 0.2) is 72.8 Å². The molecule has 0 spiro atoms. The first-order valence-electron chi connectivity index (χ1n) is 10.4. The number of rotatable bonds is 4. The lowest BCUT2D eigenvalue weighted by atomic mass is 9.99. The van der Waals surface area contributed by atoms with Crippen molar-refractivity contribution in [2.24, 2.45) is 0 Å². The molecule has 2 heterocycles. The van der Waals surface area contributed by atoms with E-state index in [1.165, 1.54) is 0 Å². The van der Waals surface area contributed by atoms with Crippen molar-refractivity contribution in [2.75, 3.05) is 18.2 Å². The van der Waals surface area contributed by atoms with Gasteiger partial charge in [0.1, 0.15) is 6.04 Å². The number of nitrogens with one attached hydrogen (secondary N) is 1. The van der Waals surface area contributed by atoms with Gasteiger partial charge in [0, 0.05) is 17.8 Å². The maximum Gasteiger partial charge on any atom is 0.254 e. The lowest BCUT2D eigenvalue weighted by Gasteiger charge is -2.32. The highest BCUT2D eigenvalue weighted by Gasteiger charge is 2.31. The van der Waals surface area contributed by atoms with Gasteiger partial charge in [-0.15, -0.1) is 0 Å². The fourth-order valence-corrected chi connectivity index (χ4v) is 4.10. The number of amides is 2. The molecule has 31 heavy (non-hydrogen) atoms. The molecule has 1 unspecified atom stereocenters. The van der Waals surface area contributed by atoms with Crippen molar-refractivity contribution in [3.05, 3.63) is 89.5 Å². The van der Waals surface area contributed by atoms with Crippen LogP contribution < -0.4 is 19.7 Å². The molecule has 1 N–H and O–H groups in total. The topological polar surface area (TPSA) is 67.9 Å². The van der Waals surface area contributed by atoms with Gasteiger partial charge in [-0.25, -0.2) is 0 Å². The summed E-state index contributed by atoms with van der Waals surface area (Å²) >= 11 is 0. The Morgan fingerprint density at radius 2 is 1.68 bits per heavy atom. The Kier molecular flexibility index (Phi) is 5.04. The monoisotopic (exact) mass is 414 g/mol. The van der Waals surface area contributed by atoms with Gasteiger partial charge in [0.15, 0.2) is 11.5 Å². The summed E-state index contributed by atoms with van der Waals surface area (Å²) in [7, 11) is 0. The van der Waals surface area contributed by atoms with Crippen molar-refractivity contribution < 1.29 is 19.1 Å². The molecule has 2 amide bonds. The summed E-state index contributed by atoms with van der Waals surface area (Å²) in [4.78, 5) is 28.6. The van der Waals surface area contributed by atoms with Crippen molar-refractivity contribution in [1.82, 2.24) is 5.32 Å². The third-order valence-electron chi connectivity index (χ3n) is 5.67. The van der Waals surface area contributed by atoms with Gasteiger partial charge in [-0.05, 0) is 48.2 Å². The normalized spacial score (nSPS) is 15.2. The third-order valence-corrected chi connectivity index (χ3v) is 5.67. The van der Waals surface area contributed by atoms with Crippen molar-refractivity contribution in [3.63, 3.8) is 0 Å². The van der Waals surface area contributed by atoms with Gasteiger partial charge in [0.25, 0.3) is 11.8 Å². The van der Waals surface area contributed by atoms with Crippen LogP contribution in [0.5, 0.6) is 11.5 Å². The van der Waals surface area contributed by atoms with E-state index in [2.05, 4.69) is 11.4 Å². The van der Waals surface area contributed by atoms with Crippen LogP contribution >= 0.6 is 0 Å². The van der Waals surface area contributed by atoms with E-state index in [0.717, 1.165) is 29.7 Å². The zero-order valence-corrected chi connectivity index (χ0v) is 16.9. The first-order valence-corrected chi connectivity index (χ1v) is 10.4. The number of aryl methyl sites for hydroxylation is 1. The molecule has 0 aromatic heterocycles. The second kappa shape index (κ2) is 8.14. The van der Waals surface area contributed by atoms with E-state index in [-0.39, 0.29) is 18.6 Å². The second-order valence-corrected chi connectivity index (χ2v) is 7.61. The predicted octanol–water partition coefficient (Wildman–Crippen LogP) is 3.87. The van der Waals surface area contributed by atoms with Gasteiger partial charge in [-0.3, -0.25) is 9.59 Å². The van der Waals surface area contributed by atoms with Gasteiger partial charge in [0.05, 0.1) is 0 Å². The number of carbonyl (C=O) groups is 2. The van der Waals surface area contributed by atoms with Gasteiger partial charge in [0.2, 0.25) is 6.79 Å². The van der Waals surface area contributed by atoms with E-state index < -0.39 is 6.04 Å². The molecular formula is C25H22N2O4. The SMILES string of the molecule is O=C(NC(C(=O)N1CCCc2ccccc21)c1ccccc1)c1ccc2c(c1)OCO2. The number of hydrogen-bond acceptors (Lipinski definition) is 4. The van der Waals surface area contributed by atoms with Gasteiger partial charge >= 0.3 is 0 Å². The number of benzene rings is 3. The van der Waals surface area contributed by atoms with E-state index in [0.29, 0.717) is 23.6 Å². The predicted molar refractivity (Wildman–Crippen MR) is 116 cm³/mol. The van der Waals surface area contributed by atoms with E-state index in [1.54, 1.807) is 23.1 Å². The average Bonchev–Trinajstić information content (AvgIpc) is 3.30. The first kappa shape index (κ1) is 19.2. The number of para-hydroxylation sites is 1. The van der Waals surface area contributed by atoms with E-state index in [4.69, 9.17) is 9.47 Å². The van der Waals surface area contributed by atoms with Crippen LogP contribution in [0.25, 0.3) is 0 Å². The number of nitrogens with zero attached hydrogens (tertiary/aromatic N) is 1. The summed E-state index contributed by atoms with van der Waals surface area (Å²) in [6, 6.07) is 21.5. The Bertz CT molecular complexity index is 1130. The minimum atomic E-state index is -0.801. The molecule has 6 nitrogen and oxygen atoms in total. The highest BCUT2D eigenvalue weighted by molar-refractivity contribution is 6.03. The number of hydrogen-bond donors (Lipinski definition) is 1. The van der Waals surface area contributed by atoms with Crippen molar-refractivity contribution in [1.29, 1.82) is 0 Å². The van der Waals surface area contributed by atoms with Crippen LogP contribution in [0.3, 0.4) is 0 Å². The summed E-state index contributed by atoms with van der Waals surface area (Å²) in [6.07, 6.45) is 1.83. The molecule has 0 radical (unpaired) electrons. The van der Waals surface area contributed by atoms with E-state index in [1.807, 2.05) is 48.5 Å². The molecule has 3 aromatic rings. The molecule has 156 valence electrons. The molecule has 0 aliphatic carbocycles. The van der Waals surface area contributed by atoms with Gasteiger partial charge < -0.3 is 19.7 Å². The Labute approximate surface area is 180 Å². The molecule has 2 aliphatic heterocycles. The molecule has 0 saturated heterocycles. The van der Waals surface area contributed by atoms with E-state index in [9.17, 15) is 9.59 Å². The first-order chi connectivity index (χ1) is 15.2. The number of ether oxygens (including phenoxy) is 2. The molecule has 0 fully saturated rings. The highest BCUT2D eigenvalue weighted by atomic mass is 16.7. The Morgan fingerprint density at radius 1 is 0.903 bits per heavy atom. The maximum atomic E-state index is 13.7. The number of anilines is 1. The summed E-state index contributed by atoms with van der Waals surface area (Å²) in [5.74, 6) is 0.649. The lowest BCUT2D eigenvalue weighted by Crippen LogP contribution is -2.45. The fourth-order valence-electron chi connectivity index (χ4n) is 4.10. The van der Waals surface area contributed by atoms with E-state index >= 15 is 0 Å². The van der Waals surface area contributed by atoms with Crippen LogP contribution in [-0.4, -0.2) is 25.2 Å². The highest BCUT2D eigenvalue weighted by Crippen LogP contribution is 2.33. The van der Waals surface area contributed by atoms with Gasteiger partial charge in [-0.2, -0.15) is 0 Å². The minimum Gasteiger partial charge on any atom is -0.454 e. The second-order valence-electron chi connectivity index (χ2n) is 7.61. The summed E-state index contributed by atoms with van der Waals surface area (Å²) < 4.78 is 10.7. The smallest absolute Gasteiger partial charge is 0.254 e. The Hall–Kier alpha value is -3.80. The zero-order chi connectivity index (χ0) is 21.2. The molecule has 0 bridgehead atoms. The van der Waals surface area contributed by atoms with Crippen LogP contribution in [-0.2, 0) is 11.2 Å². The fraction of sp³-hybridized carbons (Fsp3) is 0.200. The van der Waals surface area contributed by atoms with Crippen LogP contribution in [0.1, 0.15) is 33.9 Å². The van der Waals surface area contributed by atoms with Crippen molar-refractivity contribution in [3.8, 4) is 11.5 Å². The average molecular weight is 414 g/mol. The van der Waals surface area contributed by atoms with Crippen molar-refractivity contribution in [2.45, 2.75) is 18.9 Å². The summed E-state index contributed by atoms with van der Waals surface area (Å²) in [5.41, 5.74) is 3.22. The summed E-state index contributed by atoms with van der Waals surface area (Å²) in [5, 5.41) is 2.94. The molecule has 5 rings (SSSR count). The zero-order valence-electron chi connectivity index (χ0n) is 16.9. The number of fused-ring (bicyclic) bond motifs is 2. The number of carbonyl (C=O) groups excluding carboxylic acids is 2. The lowest BCUT2D eigenvalue weighted by molar-refractivity contribution is -0.120. The Morgan fingerprint density at radius 3 is 2.55 bits per heavy atom. The van der Waals surface area contributed by atoms with Crippen LogP contribution in [0.2, 0.25) is 0 Å². The minimum absolute atomic E-state index is 0.139. The maximum absolute atomic E-state index is 13.7. The quantitative estimate of drug-likeness (QED) is 0.704. The summed E-state index contributed by atoms with van der Waals surface area (Å²) in [6.45, 7) is 0.763. The Balaban J connectivity index is 1.46. The molecule has 1 atom stereocenters. The van der Waals surface area contributed by atoms with Crippen molar-refractivity contribution >= 4 is 17.5 Å². The molecule has 2 aliphatic rings. The molecule has 3 aromatic carbocycles. The molecule has 0 saturated carbocycles. The third kappa shape index (κ3) is 3.72. The van der Waals surface area contributed by atoms with Crippen LogP contribution in [0.4, 0.5) is 5.69 Å². The van der Waals surface area contributed by atoms with Crippen LogP contribution in [0, 0.1) is 0 Å². The standard InChI is InChI=1S/C25H22N2O4/c28-24(19-12-13-21-22(15-19)31-16-30-21)26-23(18-8-2-1-3-9-18)25(29)27-14-6-10-17-7-4-5-11-20(17)27/h1-5,7-9,11-13,15,23H,6,10,14,16H2,(H,26,28).